The molecule has 0 N–H and O–H groups in total. The predicted molar refractivity (Wildman–Crippen MR) is 98.9 cm³/mol. The fourth-order valence-electron chi connectivity index (χ4n) is 3.58. The maximum absolute atomic E-state index is 12.6. The van der Waals surface area contributed by atoms with Crippen LogP contribution in [0.4, 0.5) is 0 Å². The largest absolute Gasteiger partial charge is 0.343 e. The first-order chi connectivity index (χ1) is 11.7. The molecular weight excluding hydrogens is 294 g/mol. The fraction of sp³-hybridized carbons (Fsp3) is 0.409. The lowest BCUT2D eigenvalue weighted by molar-refractivity contribution is -0.132. The first kappa shape index (κ1) is 16.8. The summed E-state index contributed by atoms with van der Waals surface area (Å²) in [6.07, 6.45) is 3.79. The van der Waals surface area contributed by atoms with Crippen molar-refractivity contribution in [2.24, 2.45) is 5.92 Å². The monoisotopic (exact) mass is 321 g/mol. The predicted octanol–water partition coefficient (Wildman–Crippen LogP) is 4.86. The van der Waals surface area contributed by atoms with E-state index < -0.39 is 0 Å². The summed E-state index contributed by atoms with van der Waals surface area (Å²) in [7, 11) is 0. The van der Waals surface area contributed by atoms with Crippen LogP contribution in [0.2, 0.25) is 0 Å². The number of rotatable bonds is 5. The molecule has 1 aliphatic rings. The molecular formula is C22H27NO. The normalized spacial score (nSPS) is 15.7. The van der Waals surface area contributed by atoms with Gasteiger partial charge in [0.2, 0.25) is 5.91 Å². The van der Waals surface area contributed by atoms with Crippen molar-refractivity contribution < 1.29 is 4.79 Å². The van der Waals surface area contributed by atoms with E-state index in [-0.39, 0.29) is 0 Å². The van der Waals surface area contributed by atoms with Crippen LogP contribution in [0.5, 0.6) is 0 Å². The first-order valence-corrected chi connectivity index (χ1v) is 9.11. The molecule has 2 heteroatoms. The molecule has 1 heterocycles. The Balaban J connectivity index is 1.68. The second kappa shape index (κ2) is 8.14. The number of nitrogens with zero attached hydrogens (tertiary/aromatic N) is 1. The Bertz CT molecular complexity index is 590. The Morgan fingerprint density at radius 3 is 1.96 bits per heavy atom. The third-order valence-corrected chi connectivity index (χ3v) is 5.19. The minimum atomic E-state index is 0.292. The van der Waals surface area contributed by atoms with Gasteiger partial charge in [0, 0.05) is 25.4 Å². The maximum Gasteiger partial charge on any atom is 0.222 e. The molecule has 0 spiro atoms. The summed E-state index contributed by atoms with van der Waals surface area (Å²) in [6.45, 7) is 4.14. The standard InChI is InChI=1S/C22H27NO/c1-18-14-16-23(17-15-18)22(24)13-12-21(19-8-4-2-5-9-19)20-10-6-3-7-11-20/h2-11,18,21H,12-17H2,1H3. The Labute approximate surface area is 145 Å². The van der Waals surface area contributed by atoms with E-state index in [0.29, 0.717) is 18.2 Å². The molecule has 24 heavy (non-hydrogen) atoms. The van der Waals surface area contributed by atoms with E-state index in [0.717, 1.165) is 38.3 Å². The number of hydrogen-bond acceptors (Lipinski definition) is 1. The molecule has 126 valence electrons. The number of carbonyl (C=O) groups is 1. The summed E-state index contributed by atoms with van der Waals surface area (Å²) in [5, 5.41) is 0. The third kappa shape index (κ3) is 4.25. The van der Waals surface area contributed by atoms with Gasteiger partial charge >= 0.3 is 0 Å². The van der Waals surface area contributed by atoms with Crippen molar-refractivity contribution in [3.05, 3.63) is 71.8 Å². The summed E-state index contributed by atoms with van der Waals surface area (Å²) in [5.74, 6) is 1.37. The van der Waals surface area contributed by atoms with Gasteiger partial charge in [0.25, 0.3) is 0 Å². The fourth-order valence-corrected chi connectivity index (χ4v) is 3.58. The minimum Gasteiger partial charge on any atom is -0.343 e. The number of amides is 1. The van der Waals surface area contributed by atoms with Gasteiger partial charge in [-0.3, -0.25) is 4.79 Å². The zero-order chi connectivity index (χ0) is 16.8. The van der Waals surface area contributed by atoms with E-state index in [4.69, 9.17) is 0 Å². The summed E-state index contributed by atoms with van der Waals surface area (Å²) >= 11 is 0. The summed E-state index contributed by atoms with van der Waals surface area (Å²) in [6, 6.07) is 21.1. The number of benzene rings is 2. The van der Waals surface area contributed by atoms with E-state index in [1.165, 1.54) is 11.1 Å². The summed E-state index contributed by atoms with van der Waals surface area (Å²) < 4.78 is 0. The highest BCUT2D eigenvalue weighted by Crippen LogP contribution is 2.29. The van der Waals surface area contributed by atoms with Crippen molar-refractivity contribution in [2.45, 2.75) is 38.5 Å². The summed E-state index contributed by atoms with van der Waals surface area (Å²) in [4.78, 5) is 14.7. The van der Waals surface area contributed by atoms with Gasteiger partial charge < -0.3 is 4.90 Å². The molecule has 0 unspecified atom stereocenters. The van der Waals surface area contributed by atoms with Gasteiger partial charge in [-0.1, -0.05) is 67.6 Å². The van der Waals surface area contributed by atoms with Gasteiger partial charge in [0.05, 0.1) is 0 Å². The van der Waals surface area contributed by atoms with E-state index in [1.54, 1.807) is 0 Å². The van der Waals surface area contributed by atoms with Crippen LogP contribution in [-0.2, 0) is 4.79 Å². The smallest absolute Gasteiger partial charge is 0.222 e. The number of carbonyl (C=O) groups excluding carboxylic acids is 1. The van der Waals surface area contributed by atoms with Crippen LogP contribution in [0.3, 0.4) is 0 Å². The molecule has 2 nitrogen and oxygen atoms in total. The SMILES string of the molecule is CC1CCN(C(=O)CCC(c2ccccc2)c2ccccc2)CC1. The number of likely N-dealkylation sites (tertiary alicyclic amines) is 1. The molecule has 2 aromatic rings. The molecule has 0 aliphatic carbocycles. The summed E-state index contributed by atoms with van der Waals surface area (Å²) in [5.41, 5.74) is 2.59. The van der Waals surface area contributed by atoms with Crippen molar-refractivity contribution in [2.75, 3.05) is 13.1 Å². The molecule has 1 amide bonds. The van der Waals surface area contributed by atoms with Crippen LogP contribution >= 0.6 is 0 Å². The lowest BCUT2D eigenvalue weighted by Gasteiger charge is -2.31. The van der Waals surface area contributed by atoms with Crippen molar-refractivity contribution in [1.82, 2.24) is 4.90 Å². The van der Waals surface area contributed by atoms with E-state index in [2.05, 4.69) is 60.4 Å². The Hall–Kier alpha value is -2.09. The average molecular weight is 321 g/mol. The van der Waals surface area contributed by atoms with Crippen molar-refractivity contribution in [1.29, 1.82) is 0 Å². The Kier molecular flexibility index (Phi) is 5.68. The van der Waals surface area contributed by atoms with Crippen LogP contribution in [0.1, 0.15) is 49.7 Å². The third-order valence-electron chi connectivity index (χ3n) is 5.19. The van der Waals surface area contributed by atoms with Crippen molar-refractivity contribution in [3.8, 4) is 0 Å². The molecule has 0 radical (unpaired) electrons. The average Bonchev–Trinajstić information content (AvgIpc) is 2.64. The van der Waals surface area contributed by atoms with E-state index >= 15 is 0 Å². The van der Waals surface area contributed by atoms with Crippen LogP contribution in [-0.4, -0.2) is 23.9 Å². The highest BCUT2D eigenvalue weighted by molar-refractivity contribution is 5.76. The molecule has 1 fully saturated rings. The quantitative estimate of drug-likeness (QED) is 0.770. The molecule has 0 saturated carbocycles. The van der Waals surface area contributed by atoms with Gasteiger partial charge in [-0.15, -0.1) is 0 Å². The first-order valence-electron chi connectivity index (χ1n) is 9.11. The Morgan fingerprint density at radius 2 is 1.46 bits per heavy atom. The molecule has 0 atom stereocenters. The van der Waals surface area contributed by atoms with Crippen LogP contribution in [0.25, 0.3) is 0 Å². The minimum absolute atomic E-state index is 0.292. The second-order valence-electron chi connectivity index (χ2n) is 6.98. The zero-order valence-corrected chi connectivity index (χ0v) is 14.5. The molecule has 0 aromatic heterocycles. The molecule has 2 aromatic carbocycles. The van der Waals surface area contributed by atoms with Crippen molar-refractivity contribution in [3.63, 3.8) is 0 Å². The highest BCUT2D eigenvalue weighted by atomic mass is 16.2. The van der Waals surface area contributed by atoms with E-state index in [9.17, 15) is 4.79 Å². The van der Waals surface area contributed by atoms with Gasteiger partial charge in [-0.05, 0) is 36.3 Å². The molecule has 3 rings (SSSR count). The lowest BCUT2D eigenvalue weighted by atomic mass is 9.87. The zero-order valence-electron chi connectivity index (χ0n) is 14.5. The number of hydrogen-bond donors (Lipinski definition) is 0. The van der Waals surface area contributed by atoms with Crippen LogP contribution in [0, 0.1) is 5.92 Å². The van der Waals surface area contributed by atoms with Gasteiger partial charge in [0.15, 0.2) is 0 Å². The van der Waals surface area contributed by atoms with Crippen LogP contribution in [0.15, 0.2) is 60.7 Å². The maximum atomic E-state index is 12.6. The van der Waals surface area contributed by atoms with E-state index in [1.807, 2.05) is 12.1 Å². The van der Waals surface area contributed by atoms with Crippen molar-refractivity contribution >= 4 is 5.91 Å². The van der Waals surface area contributed by atoms with Gasteiger partial charge in [-0.2, -0.15) is 0 Å². The van der Waals surface area contributed by atoms with Gasteiger partial charge in [-0.25, -0.2) is 0 Å². The topological polar surface area (TPSA) is 20.3 Å². The Morgan fingerprint density at radius 1 is 0.958 bits per heavy atom. The van der Waals surface area contributed by atoms with Crippen LogP contribution < -0.4 is 0 Å². The van der Waals surface area contributed by atoms with Gasteiger partial charge in [0.1, 0.15) is 0 Å². The lowest BCUT2D eigenvalue weighted by Crippen LogP contribution is -2.37. The number of piperidine rings is 1. The second-order valence-corrected chi connectivity index (χ2v) is 6.98. The molecule has 1 aliphatic heterocycles. The molecule has 1 saturated heterocycles. The highest BCUT2D eigenvalue weighted by Gasteiger charge is 2.22. The molecule has 0 bridgehead atoms.